The van der Waals surface area contributed by atoms with Crippen LogP contribution in [0.3, 0.4) is 0 Å². The van der Waals surface area contributed by atoms with Gasteiger partial charge in [-0.2, -0.15) is 0 Å². The van der Waals surface area contributed by atoms with Crippen molar-refractivity contribution in [3.63, 3.8) is 0 Å². The predicted octanol–water partition coefficient (Wildman–Crippen LogP) is 1.82. The molecule has 3 heteroatoms. The van der Waals surface area contributed by atoms with Gasteiger partial charge in [0.15, 0.2) is 0 Å². The Morgan fingerprint density at radius 1 is 1.53 bits per heavy atom. The van der Waals surface area contributed by atoms with Crippen molar-refractivity contribution < 1.29 is 9.47 Å². The summed E-state index contributed by atoms with van der Waals surface area (Å²) in [4.78, 5) is 0. The van der Waals surface area contributed by atoms with Gasteiger partial charge in [-0.1, -0.05) is 6.92 Å². The molecule has 3 atom stereocenters. The smallest absolute Gasteiger partial charge is 0.0590 e. The molecule has 0 aromatic rings. The summed E-state index contributed by atoms with van der Waals surface area (Å²) in [7, 11) is 1.77. The number of hydrogen-bond acceptors (Lipinski definition) is 3. The van der Waals surface area contributed by atoms with E-state index in [0.29, 0.717) is 18.1 Å². The van der Waals surface area contributed by atoms with Gasteiger partial charge in [0.25, 0.3) is 0 Å². The molecule has 1 heterocycles. The molecule has 3 unspecified atom stereocenters. The summed E-state index contributed by atoms with van der Waals surface area (Å²) in [6.07, 6.45) is 3.94. The van der Waals surface area contributed by atoms with Gasteiger partial charge in [0.2, 0.25) is 0 Å². The summed E-state index contributed by atoms with van der Waals surface area (Å²) in [5.74, 6) is 0.682. The number of methoxy groups -OCH3 is 1. The van der Waals surface area contributed by atoms with E-state index < -0.39 is 0 Å². The third kappa shape index (κ3) is 4.09. The molecule has 1 fully saturated rings. The molecule has 0 amide bonds. The monoisotopic (exact) mass is 215 g/mol. The SMILES string of the molecule is CCNC(CCCOC)C1CCOC1C. The van der Waals surface area contributed by atoms with Crippen molar-refractivity contribution >= 4 is 0 Å². The first kappa shape index (κ1) is 12.9. The van der Waals surface area contributed by atoms with Gasteiger partial charge in [0, 0.05) is 32.3 Å². The fourth-order valence-corrected chi connectivity index (χ4v) is 2.45. The zero-order valence-corrected chi connectivity index (χ0v) is 10.3. The Balaban J connectivity index is 2.34. The molecule has 0 aromatic carbocycles. The van der Waals surface area contributed by atoms with Crippen molar-refractivity contribution in [1.82, 2.24) is 5.32 Å². The van der Waals surface area contributed by atoms with Crippen LogP contribution in [0.4, 0.5) is 0 Å². The van der Waals surface area contributed by atoms with Crippen LogP contribution in [0.15, 0.2) is 0 Å². The molecule has 1 aliphatic heterocycles. The van der Waals surface area contributed by atoms with Gasteiger partial charge in [-0.25, -0.2) is 0 Å². The molecule has 0 radical (unpaired) electrons. The fraction of sp³-hybridized carbons (Fsp3) is 1.00. The highest BCUT2D eigenvalue weighted by molar-refractivity contribution is 4.84. The summed E-state index contributed by atoms with van der Waals surface area (Å²) < 4.78 is 10.7. The highest BCUT2D eigenvalue weighted by atomic mass is 16.5. The average Bonchev–Trinajstić information content (AvgIpc) is 2.64. The van der Waals surface area contributed by atoms with E-state index >= 15 is 0 Å². The number of rotatable bonds is 7. The van der Waals surface area contributed by atoms with Crippen LogP contribution < -0.4 is 5.32 Å². The molecule has 0 spiro atoms. The van der Waals surface area contributed by atoms with Gasteiger partial charge in [-0.15, -0.1) is 0 Å². The standard InChI is InChI=1S/C12H25NO2/c1-4-13-12(6-5-8-14-3)11-7-9-15-10(11)2/h10-13H,4-9H2,1-3H3. The Bertz CT molecular complexity index is 164. The van der Waals surface area contributed by atoms with Crippen LogP contribution in [0.25, 0.3) is 0 Å². The quantitative estimate of drug-likeness (QED) is 0.657. The minimum absolute atomic E-state index is 0.414. The molecule has 0 aliphatic carbocycles. The molecule has 1 aliphatic rings. The van der Waals surface area contributed by atoms with E-state index in [2.05, 4.69) is 19.2 Å². The normalized spacial score (nSPS) is 28.2. The van der Waals surface area contributed by atoms with E-state index in [1.54, 1.807) is 7.11 Å². The average molecular weight is 215 g/mol. The topological polar surface area (TPSA) is 30.5 Å². The van der Waals surface area contributed by atoms with Crippen LogP contribution in [-0.2, 0) is 9.47 Å². The summed E-state index contributed by atoms with van der Waals surface area (Å²) >= 11 is 0. The van der Waals surface area contributed by atoms with E-state index in [1.807, 2.05) is 0 Å². The van der Waals surface area contributed by atoms with Crippen LogP contribution >= 0.6 is 0 Å². The van der Waals surface area contributed by atoms with E-state index in [1.165, 1.54) is 12.8 Å². The lowest BCUT2D eigenvalue weighted by atomic mass is 9.90. The Morgan fingerprint density at radius 2 is 2.33 bits per heavy atom. The Hall–Kier alpha value is -0.120. The molecule has 1 N–H and O–H groups in total. The highest BCUT2D eigenvalue weighted by Crippen LogP contribution is 2.26. The van der Waals surface area contributed by atoms with Crippen LogP contribution in [0.5, 0.6) is 0 Å². The second-order valence-electron chi connectivity index (χ2n) is 4.33. The zero-order chi connectivity index (χ0) is 11.1. The van der Waals surface area contributed by atoms with Crippen molar-refractivity contribution in [3.05, 3.63) is 0 Å². The summed E-state index contributed by atoms with van der Waals surface area (Å²) in [6, 6.07) is 0.600. The first-order valence-electron chi connectivity index (χ1n) is 6.13. The molecule has 3 nitrogen and oxygen atoms in total. The zero-order valence-electron chi connectivity index (χ0n) is 10.3. The minimum Gasteiger partial charge on any atom is -0.385 e. The lowest BCUT2D eigenvalue weighted by molar-refractivity contribution is 0.0924. The molecular weight excluding hydrogens is 190 g/mol. The van der Waals surface area contributed by atoms with E-state index in [4.69, 9.17) is 9.47 Å². The van der Waals surface area contributed by atoms with Gasteiger partial charge >= 0.3 is 0 Å². The Labute approximate surface area is 93.5 Å². The second-order valence-corrected chi connectivity index (χ2v) is 4.33. The van der Waals surface area contributed by atoms with Crippen molar-refractivity contribution in [2.75, 3.05) is 26.9 Å². The van der Waals surface area contributed by atoms with E-state index in [0.717, 1.165) is 26.2 Å². The molecule has 1 saturated heterocycles. The van der Waals surface area contributed by atoms with E-state index in [9.17, 15) is 0 Å². The molecule has 0 aromatic heterocycles. The molecule has 1 rings (SSSR count). The maximum Gasteiger partial charge on any atom is 0.0590 e. The summed E-state index contributed by atoms with van der Waals surface area (Å²) in [5, 5.41) is 3.58. The molecule has 0 saturated carbocycles. The lowest BCUT2D eigenvalue weighted by Gasteiger charge is -2.26. The fourth-order valence-electron chi connectivity index (χ4n) is 2.45. The maximum atomic E-state index is 5.63. The third-order valence-electron chi connectivity index (χ3n) is 3.28. The largest absolute Gasteiger partial charge is 0.385 e. The third-order valence-corrected chi connectivity index (χ3v) is 3.28. The van der Waals surface area contributed by atoms with Gasteiger partial charge in [0.05, 0.1) is 6.10 Å². The summed E-state index contributed by atoms with van der Waals surface area (Å²) in [5.41, 5.74) is 0. The van der Waals surface area contributed by atoms with Crippen LogP contribution in [0.1, 0.15) is 33.1 Å². The minimum atomic E-state index is 0.414. The number of nitrogens with one attached hydrogen (secondary N) is 1. The van der Waals surface area contributed by atoms with Gasteiger partial charge < -0.3 is 14.8 Å². The highest BCUT2D eigenvalue weighted by Gasteiger charge is 2.30. The maximum absolute atomic E-state index is 5.63. The van der Waals surface area contributed by atoms with Crippen molar-refractivity contribution in [2.45, 2.75) is 45.3 Å². The second kappa shape index (κ2) is 7.20. The van der Waals surface area contributed by atoms with Gasteiger partial charge in [-0.05, 0) is 32.7 Å². The van der Waals surface area contributed by atoms with Crippen molar-refractivity contribution in [3.8, 4) is 0 Å². The van der Waals surface area contributed by atoms with Crippen LogP contribution in [-0.4, -0.2) is 39.0 Å². The van der Waals surface area contributed by atoms with Crippen molar-refractivity contribution in [1.29, 1.82) is 0 Å². The van der Waals surface area contributed by atoms with Gasteiger partial charge in [0.1, 0.15) is 0 Å². The number of hydrogen-bond donors (Lipinski definition) is 1. The molecule has 90 valence electrons. The Kier molecular flexibility index (Phi) is 6.22. The van der Waals surface area contributed by atoms with Crippen LogP contribution in [0, 0.1) is 5.92 Å². The van der Waals surface area contributed by atoms with E-state index in [-0.39, 0.29) is 0 Å². The first-order chi connectivity index (χ1) is 7.29. The van der Waals surface area contributed by atoms with Crippen molar-refractivity contribution in [2.24, 2.45) is 5.92 Å². The first-order valence-corrected chi connectivity index (χ1v) is 6.13. The molecule has 0 bridgehead atoms. The molecule has 15 heavy (non-hydrogen) atoms. The molecular formula is C12H25NO2. The number of ether oxygens (including phenoxy) is 2. The van der Waals surface area contributed by atoms with Crippen LogP contribution in [0.2, 0.25) is 0 Å². The summed E-state index contributed by atoms with van der Waals surface area (Å²) in [6.45, 7) is 7.20. The van der Waals surface area contributed by atoms with Gasteiger partial charge in [-0.3, -0.25) is 0 Å². The Morgan fingerprint density at radius 3 is 2.87 bits per heavy atom. The predicted molar refractivity (Wildman–Crippen MR) is 62.1 cm³/mol. The lowest BCUT2D eigenvalue weighted by Crippen LogP contribution is -2.39.